The van der Waals surface area contributed by atoms with Gasteiger partial charge in [-0.25, -0.2) is 4.68 Å². The summed E-state index contributed by atoms with van der Waals surface area (Å²) in [7, 11) is 0. The van der Waals surface area contributed by atoms with Gasteiger partial charge in [0.2, 0.25) is 5.91 Å². The molecule has 2 aromatic carbocycles. The second-order valence-electron chi connectivity index (χ2n) is 8.02. The monoisotopic (exact) mass is 445 g/mol. The van der Waals surface area contributed by atoms with Crippen molar-refractivity contribution in [2.45, 2.75) is 51.0 Å². The van der Waals surface area contributed by atoms with Gasteiger partial charge in [0.05, 0.1) is 28.9 Å². The summed E-state index contributed by atoms with van der Waals surface area (Å²) in [6.45, 7) is 1.67. The number of halogens is 3. The third-order valence-electron chi connectivity index (χ3n) is 5.77. The van der Waals surface area contributed by atoms with Gasteiger partial charge >= 0.3 is 6.18 Å². The van der Waals surface area contributed by atoms with Crippen molar-refractivity contribution in [3.8, 4) is 0 Å². The maximum Gasteiger partial charge on any atom is 0.416 e. The second-order valence-corrected chi connectivity index (χ2v) is 8.02. The number of nitrogens with one attached hydrogen (secondary N) is 1. The smallest absolute Gasteiger partial charge is 0.333 e. The highest BCUT2D eigenvalue weighted by molar-refractivity contribution is 5.80. The van der Waals surface area contributed by atoms with E-state index < -0.39 is 28.9 Å². The second kappa shape index (κ2) is 8.29. The topological polar surface area (TPSA) is 75.2 Å². The van der Waals surface area contributed by atoms with E-state index in [1.54, 1.807) is 42.2 Å². The van der Waals surface area contributed by atoms with E-state index in [1.807, 2.05) is 0 Å². The predicted octanol–water partition coefficient (Wildman–Crippen LogP) is 3.85. The van der Waals surface area contributed by atoms with Crippen LogP contribution in [0, 0.1) is 0 Å². The molecular weight excluding hydrogens is 423 g/mol. The lowest BCUT2D eigenvalue weighted by atomic mass is 10.0. The average Bonchev–Trinajstić information content (AvgIpc) is 3.60. The largest absolute Gasteiger partial charge is 0.416 e. The van der Waals surface area contributed by atoms with Crippen molar-refractivity contribution >= 4 is 16.7 Å². The molecule has 4 rings (SSSR count). The fraction of sp³-hybridized carbons (Fsp3) is 0.348. The number of carbonyl (C=O) groups excluding carboxylic acids is 1. The quantitative estimate of drug-likeness (QED) is 0.626. The number of H-pyrrole nitrogens is 1. The molecule has 6 nitrogen and oxygen atoms in total. The van der Waals surface area contributed by atoms with E-state index in [0.717, 1.165) is 29.7 Å². The van der Waals surface area contributed by atoms with Gasteiger partial charge in [-0.05, 0) is 49.6 Å². The van der Waals surface area contributed by atoms with Crippen LogP contribution in [-0.4, -0.2) is 26.6 Å². The molecule has 168 valence electrons. The van der Waals surface area contributed by atoms with E-state index in [2.05, 4.69) is 5.10 Å². The van der Waals surface area contributed by atoms with Crippen LogP contribution in [0.4, 0.5) is 13.2 Å². The van der Waals surface area contributed by atoms with Crippen LogP contribution >= 0.6 is 0 Å². The molecule has 1 aromatic heterocycles. The molecule has 3 aromatic rings. The van der Waals surface area contributed by atoms with Gasteiger partial charge in [-0.3, -0.25) is 19.5 Å². The molecule has 1 heterocycles. The molecule has 1 atom stereocenters. The lowest BCUT2D eigenvalue weighted by Crippen LogP contribution is -2.37. The zero-order valence-electron chi connectivity index (χ0n) is 17.4. The van der Waals surface area contributed by atoms with Crippen LogP contribution < -0.4 is 11.1 Å². The summed E-state index contributed by atoms with van der Waals surface area (Å²) >= 11 is 0. The molecule has 0 aliphatic heterocycles. The molecule has 1 fully saturated rings. The summed E-state index contributed by atoms with van der Waals surface area (Å²) in [5.74, 6) is -0.279. The molecular formula is C23H22F3N3O3. The Kier molecular flexibility index (Phi) is 5.66. The predicted molar refractivity (Wildman–Crippen MR) is 113 cm³/mol. The number of carbonyl (C=O) groups is 1. The van der Waals surface area contributed by atoms with Gasteiger partial charge in [0.25, 0.3) is 11.1 Å². The Balaban J connectivity index is 1.55. The molecule has 1 amide bonds. The van der Waals surface area contributed by atoms with Gasteiger partial charge in [0, 0.05) is 12.5 Å². The Labute approximate surface area is 181 Å². The molecule has 0 spiro atoms. The first kappa shape index (κ1) is 21.9. The average molecular weight is 445 g/mol. The van der Waals surface area contributed by atoms with Crippen LogP contribution in [0.5, 0.6) is 0 Å². The first-order valence-electron chi connectivity index (χ1n) is 10.4. The van der Waals surface area contributed by atoms with Crippen molar-refractivity contribution in [1.29, 1.82) is 0 Å². The zero-order valence-corrected chi connectivity index (χ0v) is 17.4. The van der Waals surface area contributed by atoms with Gasteiger partial charge in [-0.1, -0.05) is 24.3 Å². The van der Waals surface area contributed by atoms with Crippen LogP contribution in [0.25, 0.3) is 10.8 Å². The molecule has 32 heavy (non-hydrogen) atoms. The van der Waals surface area contributed by atoms with Crippen molar-refractivity contribution in [2.75, 3.05) is 0 Å². The number of aryl methyl sites for hydroxylation is 1. The maximum absolute atomic E-state index is 13.1. The Morgan fingerprint density at radius 2 is 1.81 bits per heavy atom. The first-order valence-corrected chi connectivity index (χ1v) is 10.4. The Morgan fingerprint density at radius 1 is 1.12 bits per heavy atom. The van der Waals surface area contributed by atoms with Crippen LogP contribution in [0.3, 0.4) is 0 Å². The van der Waals surface area contributed by atoms with Crippen LogP contribution in [0.15, 0.2) is 58.1 Å². The Bertz CT molecular complexity index is 1270. The fourth-order valence-electron chi connectivity index (χ4n) is 3.96. The molecule has 0 radical (unpaired) electrons. The highest BCUT2D eigenvalue weighted by Crippen LogP contribution is 2.37. The molecule has 1 saturated carbocycles. The third-order valence-corrected chi connectivity index (χ3v) is 5.77. The summed E-state index contributed by atoms with van der Waals surface area (Å²) in [5, 5.41) is 3.04. The summed E-state index contributed by atoms with van der Waals surface area (Å²) in [4.78, 5) is 39.6. The maximum atomic E-state index is 13.1. The van der Waals surface area contributed by atoms with E-state index in [1.165, 1.54) is 6.07 Å². The van der Waals surface area contributed by atoms with Crippen molar-refractivity contribution in [3.05, 3.63) is 80.4 Å². The molecule has 9 heteroatoms. The molecule has 1 N–H and O–H groups in total. The van der Waals surface area contributed by atoms with E-state index in [-0.39, 0.29) is 35.7 Å². The summed E-state index contributed by atoms with van der Waals surface area (Å²) in [6.07, 6.45) is -2.97. The van der Waals surface area contributed by atoms with E-state index >= 15 is 0 Å². The number of amides is 1. The normalized spacial score (nSPS) is 15.0. The summed E-state index contributed by atoms with van der Waals surface area (Å²) in [5.41, 5.74) is -1.19. The van der Waals surface area contributed by atoms with Gasteiger partial charge in [0.15, 0.2) is 0 Å². The lowest BCUT2D eigenvalue weighted by molar-refractivity contribution is -0.137. The van der Waals surface area contributed by atoms with E-state index in [4.69, 9.17) is 0 Å². The van der Waals surface area contributed by atoms with Crippen molar-refractivity contribution in [2.24, 2.45) is 0 Å². The van der Waals surface area contributed by atoms with Gasteiger partial charge in [-0.2, -0.15) is 13.2 Å². The standard InChI is InChI=1S/C23H22F3N3O3/c1-14(15-5-4-6-16(13-15)23(24,25)26)29(17-9-10-17)20(30)11-12-28-22(32)19-8-3-2-7-18(19)21(31)27-28/h2-8,13-14,17H,9-12H2,1H3,(H,27,31). The molecule has 1 aliphatic carbocycles. The number of benzene rings is 2. The third kappa shape index (κ3) is 4.32. The van der Waals surface area contributed by atoms with E-state index in [0.29, 0.717) is 5.56 Å². The highest BCUT2D eigenvalue weighted by Gasteiger charge is 2.37. The van der Waals surface area contributed by atoms with E-state index in [9.17, 15) is 27.6 Å². The van der Waals surface area contributed by atoms with Crippen LogP contribution in [0.1, 0.15) is 43.4 Å². The number of nitrogens with zero attached hydrogens (tertiary/aromatic N) is 2. The number of aromatic nitrogens is 2. The highest BCUT2D eigenvalue weighted by atomic mass is 19.4. The van der Waals surface area contributed by atoms with Gasteiger partial charge in [-0.15, -0.1) is 0 Å². The molecule has 1 aliphatic rings. The number of aromatic amines is 1. The number of hydrogen-bond acceptors (Lipinski definition) is 3. The minimum absolute atomic E-state index is 0.0315. The van der Waals surface area contributed by atoms with Gasteiger partial charge in [0.1, 0.15) is 0 Å². The first-order chi connectivity index (χ1) is 15.2. The van der Waals surface area contributed by atoms with Crippen LogP contribution in [-0.2, 0) is 17.5 Å². The Hall–Kier alpha value is -3.36. The Morgan fingerprint density at radius 3 is 2.47 bits per heavy atom. The summed E-state index contributed by atoms with van der Waals surface area (Å²) < 4.78 is 40.4. The fourth-order valence-corrected chi connectivity index (χ4v) is 3.96. The number of fused-ring (bicyclic) bond motifs is 1. The molecule has 1 unspecified atom stereocenters. The van der Waals surface area contributed by atoms with Crippen molar-refractivity contribution in [1.82, 2.24) is 14.7 Å². The molecule has 0 saturated heterocycles. The number of alkyl halides is 3. The summed E-state index contributed by atoms with van der Waals surface area (Å²) in [6, 6.07) is 10.8. The van der Waals surface area contributed by atoms with Gasteiger partial charge < -0.3 is 4.90 Å². The van der Waals surface area contributed by atoms with Crippen LogP contribution in [0.2, 0.25) is 0 Å². The number of rotatable bonds is 6. The molecule has 0 bridgehead atoms. The van der Waals surface area contributed by atoms with Crippen molar-refractivity contribution in [3.63, 3.8) is 0 Å². The van der Waals surface area contributed by atoms with Crippen molar-refractivity contribution < 1.29 is 18.0 Å². The zero-order chi connectivity index (χ0) is 23.0. The minimum atomic E-state index is -4.47. The lowest BCUT2D eigenvalue weighted by Gasteiger charge is -2.30. The minimum Gasteiger partial charge on any atom is -0.333 e. The number of hydrogen-bond donors (Lipinski definition) is 1. The SMILES string of the molecule is CC(c1cccc(C(F)(F)F)c1)N(C(=O)CCn1[nH]c(=O)c2ccccc2c1=O)C1CC1.